The van der Waals surface area contributed by atoms with Crippen molar-refractivity contribution in [3.8, 4) is 0 Å². The summed E-state index contributed by atoms with van der Waals surface area (Å²) in [5, 5.41) is 3.16. The van der Waals surface area contributed by atoms with Gasteiger partial charge in [0.1, 0.15) is 5.82 Å². The molecule has 3 aromatic rings. The van der Waals surface area contributed by atoms with Crippen LogP contribution in [0.25, 0.3) is 0 Å². The van der Waals surface area contributed by atoms with Crippen LogP contribution in [0.2, 0.25) is 0 Å². The Labute approximate surface area is 128 Å². The number of benzene rings is 3. The maximum atomic E-state index is 12.9. The SMILES string of the molecule is O=C(c1ccccc1)c1cccc(Nc2ccc(F)cc2)c1. The maximum absolute atomic E-state index is 12.9. The van der Waals surface area contributed by atoms with Crippen LogP contribution in [-0.4, -0.2) is 5.78 Å². The van der Waals surface area contributed by atoms with Gasteiger partial charge in [0.15, 0.2) is 5.78 Å². The Hall–Kier alpha value is -2.94. The lowest BCUT2D eigenvalue weighted by molar-refractivity contribution is 0.103. The Morgan fingerprint density at radius 1 is 0.727 bits per heavy atom. The van der Waals surface area contributed by atoms with Crippen LogP contribution in [-0.2, 0) is 0 Å². The number of anilines is 2. The summed E-state index contributed by atoms with van der Waals surface area (Å²) in [6.45, 7) is 0. The van der Waals surface area contributed by atoms with E-state index in [0.717, 1.165) is 11.4 Å². The fourth-order valence-electron chi connectivity index (χ4n) is 2.19. The van der Waals surface area contributed by atoms with Gasteiger partial charge in [0.2, 0.25) is 0 Å². The van der Waals surface area contributed by atoms with E-state index >= 15 is 0 Å². The Bertz CT molecular complexity index is 782. The molecule has 0 saturated heterocycles. The number of carbonyl (C=O) groups is 1. The molecule has 3 aromatic carbocycles. The summed E-state index contributed by atoms with van der Waals surface area (Å²) >= 11 is 0. The molecular weight excluding hydrogens is 277 g/mol. The lowest BCUT2D eigenvalue weighted by Gasteiger charge is -2.08. The van der Waals surface area contributed by atoms with Crippen molar-refractivity contribution in [2.75, 3.05) is 5.32 Å². The van der Waals surface area contributed by atoms with Gasteiger partial charge in [-0.2, -0.15) is 0 Å². The van der Waals surface area contributed by atoms with Gasteiger partial charge in [-0.1, -0.05) is 42.5 Å². The van der Waals surface area contributed by atoms with E-state index in [1.165, 1.54) is 12.1 Å². The average Bonchev–Trinajstić information content (AvgIpc) is 2.57. The van der Waals surface area contributed by atoms with Crippen LogP contribution in [0.4, 0.5) is 15.8 Å². The zero-order valence-corrected chi connectivity index (χ0v) is 11.8. The van der Waals surface area contributed by atoms with E-state index in [0.29, 0.717) is 11.1 Å². The summed E-state index contributed by atoms with van der Waals surface area (Å²) in [4.78, 5) is 12.4. The van der Waals surface area contributed by atoms with Crippen LogP contribution < -0.4 is 5.32 Å². The van der Waals surface area contributed by atoms with Crippen LogP contribution in [0.15, 0.2) is 78.9 Å². The quantitative estimate of drug-likeness (QED) is 0.699. The minimum Gasteiger partial charge on any atom is -0.356 e. The van der Waals surface area contributed by atoms with Crippen molar-refractivity contribution in [2.24, 2.45) is 0 Å². The molecule has 3 rings (SSSR count). The number of ketones is 1. The molecule has 3 heteroatoms. The first kappa shape index (κ1) is 14.0. The molecule has 0 unspecified atom stereocenters. The zero-order chi connectivity index (χ0) is 15.4. The van der Waals surface area contributed by atoms with E-state index in [1.54, 1.807) is 36.4 Å². The molecule has 0 bridgehead atoms. The van der Waals surface area contributed by atoms with Gasteiger partial charge in [0.25, 0.3) is 0 Å². The molecule has 0 atom stereocenters. The molecule has 0 aliphatic heterocycles. The van der Waals surface area contributed by atoms with Crippen LogP contribution in [0.3, 0.4) is 0 Å². The van der Waals surface area contributed by atoms with Crippen molar-refractivity contribution in [1.29, 1.82) is 0 Å². The van der Waals surface area contributed by atoms with Gasteiger partial charge in [-0.25, -0.2) is 4.39 Å². The summed E-state index contributed by atoms with van der Waals surface area (Å²) in [5.41, 5.74) is 2.82. The second-order valence-corrected chi connectivity index (χ2v) is 4.91. The average molecular weight is 291 g/mol. The molecule has 2 nitrogen and oxygen atoms in total. The zero-order valence-electron chi connectivity index (χ0n) is 11.8. The number of hydrogen-bond acceptors (Lipinski definition) is 2. The molecule has 0 heterocycles. The minimum absolute atomic E-state index is 0.0247. The first-order chi connectivity index (χ1) is 10.7. The predicted octanol–water partition coefficient (Wildman–Crippen LogP) is 4.80. The molecule has 108 valence electrons. The molecule has 0 saturated carbocycles. The predicted molar refractivity (Wildman–Crippen MR) is 86.0 cm³/mol. The highest BCUT2D eigenvalue weighted by Gasteiger charge is 2.08. The maximum Gasteiger partial charge on any atom is 0.193 e. The van der Waals surface area contributed by atoms with Crippen molar-refractivity contribution in [3.05, 3.63) is 95.8 Å². The molecule has 0 aliphatic carbocycles. The molecule has 0 aliphatic rings. The molecule has 22 heavy (non-hydrogen) atoms. The fourth-order valence-corrected chi connectivity index (χ4v) is 2.19. The lowest BCUT2D eigenvalue weighted by Crippen LogP contribution is -2.01. The Morgan fingerprint density at radius 3 is 2.14 bits per heavy atom. The molecule has 0 fully saturated rings. The smallest absolute Gasteiger partial charge is 0.193 e. The molecule has 0 spiro atoms. The van der Waals surface area contributed by atoms with Crippen molar-refractivity contribution in [3.63, 3.8) is 0 Å². The third kappa shape index (κ3) is 3.20. The Balaban J connectivity index is 1.83. The van der Waals surface area contributed by atoms with E-state index in [2.05, 4.69) is 5.32 Å². The van der Waals surface area contributed by atoms with E-state index in [1.807, 2.05) is 30.3 Å². The summed E-state index contributed by atoms with van der Waals surface area (Å²) in [6, 6.07) is 22.5. The van der Waals surface area contributed by atoms with Crippen molar-refractivity contribution in [1.82, 2.24) is 0 Å². The van der Waals surface area contributed by atoms with E-state index in [-0.39, 0.29) is 11.6 Å². The molecule has 0 amide bonds. The van der Waals surface area contributed by atoms with Gasteiger partial charge in [-0.05, 0) is 36.4 Å². The van der Waals surface area contributed by atoms with Crippen molar-refractivity contribution >= 4 is 17.2 Å². The van der Waals surface area contributed by atoms with Crippen molar-refractivity contribution < 1.29 is 9.18 Å². The Kier molecular flexibility index (Phi) is 3.97. The summed E-state index contributed by atoms with van der Waals surface area (Å²) in [5.74, 6) is -0.304. The largest absolute Gasteiger partial charge is 0.356 e. The fraction of sp³-hybridized carbons (Fsp3) is 0. The third-order valence-electron chi connectivity index (χ3n) is 3.29. The van der Waals surface area contributed by atoms with E-state index in [4.69, 9.17) is 0 Å². The van der Waals surface area contributed by atoms with E-state index < -0.39 is 0 Å². The summed E-state index contributed by atoms with van der Waals surface area (Å²) in [6.07, 6.45) is 0. The Morgan fingerprint density at radius 2 is 1.41 bits per heavy atom. The third-order valence-corrected chi connectivity index (χ3v) is 3.29. The topological polar surface area (TPSA) is 29.1 Å². The number of rotatable bonds is 4. The number of hydrogen-bond donors (Lipinski definition) is 1. The minimum atomic E-state index is -0.279. The number of carbonyl (C=O) groups excluding carboxylic acids is 1. The lowest BCUT2D eigenvalue weighted by atomic mass is 10.0. The van der Waals surface area contributed by atoms with Gasteiger partial charge in [-0.15, -0.1) is 0 Å². The summed E-state index contributed by atoms with van der Waals surface area (Å²) < 4.78 is 12.9. The van der Waals surface area contributed by atoms with Crippen LogP contribution in [0, 0.1) is 5.82 Å². The van der Waals surface area contributed by atoms with Crippen LogP contribution >= 0.6 is 0 Å². The van der Waals surface area contributed by atoms with Gasteiger partial charge in [-0.3, -0.25) is 4.79 Å². The highest BCUT2D eigenvalue weighted by atomic mass is 19.1. The highest BCUT2D eigenvalue weighted by molar-refractivity contribution is 6.09. The first-order valence-corrected chi connectivity index (χ1v) is 6.95. The second-order valence-electron chi connectivity index (χ2n) is 4.91. The summed E-state index contributed by atoms with van der Waals surface area (Å²) in [7, 11) is 0. The molecule has 1 N–H and O–H groups in total. The van der Waals surface area contributed by atoms with Crippen LogP contribution in [0.1, 0.15) is 15.9 Å². The molecule has 0 radical (unpaired) electrons. The van der Waals surface area contributed by atoms with Gasteiger partial charge >= 0.3 is 0 Å². The van der Waals surface area contributed by atoms with Crippen molar-refractivity contribution in [2.45, 2.75) is 0 Å². The second kappa shape index (κ2) is 6.22. The van der Waals surface area contributed by atoms with Crippen LogP contribution in [0.5, 0.6) is 0 Å². The van der Waals surface area contributed by atoms with Gasteiger partial charge in [0.05, 0.1) is 0 Å². The van der Waals surface area contributed by atoms with E-state index in [9.17, 15) is 9.18 Å². The standard InChI is InChI=1S/C19H14FNO/c20-16-9-11-17(12-10-16)21-18-8-4-7-15(13-18)19(22)14-5-2-1-3-6-14/h1-13,21H. The monoisotopic (exact) mass is 291 g/mol. The number of nitrogens with one attached hydrogen (secondary N) is 1. The van der Waals surface area contributed by atoms with Gasteiger partial charge in [0, 0.05) is 22.5 Å². The first-order valence-electron chi connectivity index (χ1n) is 6.95. The highest BCUT2D eigenvalue weighted by Crippen LogP contribution is 2.19. The molecule has 0 aromatic heterocycles. The molecular formula is C19H14FNO. The normalized spacial score (nSPS) is 10.2. The number of halogens is 1. The van der Waals surface area contributed by atoms with Gasteiger partial charge < -0.3 is 5.32 Å².